The van der Waals surface area contributed by atoms with Gasteiger partial charge >= 0.3 is 0 Å². The number of piperazine rings is 1. The SMILES string of the molecule is Cc1cc(C(=O)Nc2ccc(F)c(F)c2)nc(N2CCN(C=O)CC2)n1. The van der Waals surface area contributed by atoms with Crippen molar-refractivity contribution >= 4 is 24.0 Å². The Morgan fingerprint density at radius 3 is 2.50 bits per heavy atom. The molecule has 1 aliphatic heterocycles. The molecule has 0 spiro atoms. The van der Waals surface area contributed by atoms with Crippen LogP contribution in [-0.4, -0.2) is 53.4 Å². The standard InChI is InChI=1S/C17H17F2N5O2/c1-11-8-15(16(26)21-12-2-3-13(18)14(19)9-12)22-17(20-11)24-6-4-23(10-25)5-7-24/h2-3,8-10H,4-7H2,1H3,(H,21,26). The first kappa shape index (κ1) is 17.7. The van der Waals surface area contributed by atoms with E-state index in [4.69, 9.17) is 0 Å². The number of halogens is 2. The molecule has 0 bridgehead atoms. The van der Waals surface area contributed by atoms with Gasteiger partial charge in [-0.25, -0.2) is 18.7 Å². The highest BCUT2D eigenvalue weighted by Crippen LogP contribution is 2.16. The number of carbonyl (C=O) groups excluding carboxylic acids is 2. The molecule has 1 fully saturated rings. The number of hydrogen-bond donors (Lipinski definition) is 1. The second-order valence-corrected chi connectivity index (χ2v) is 5.91. The summed E-state index contributed by atoms with van der Waals surface area (Å²) in [7, 11) is 0. The number of benzene rings is 1. The maximum Gasteiger partial charge on any atom is 0.274 e. The van der Waals surface area contributed by atoms with Crippen molar-refractivity contribution in [3.8, 4) is 0 Å². The number of rotatable bonds is 4. The van der Waals surface area contributed by atoms with Crippen LogP contribution in [0.2, 0.25) is 0 Å². The van der Waals surface area contributed by atoms with Gasteiger partial charge in [0.05, 0.1) is 0 Å². The predicted molar refractivity (Wildman–Crippen MR) is 90.9 cm³/mol. The van der Waals surface area contributed by atoms with Crippen LogP contribution in [0.1, 0.15) is 16.2 Å². The summed E-state index contributed by atoms with van der Waals surface area (Å²) in [5.41, 5.74) is 0.851. The van der Waals surface area contributed by atoms with E-state index in [1.807, 2.05) is 4.90 Å². The van der Waals surface area contributed by atoms with Gasteiger partial charge in [0.2, 0.25) is 12.4 Å². The second-order valence-electron chi connectivity index (χ2n) is 5.91. The van der Waals surface area contributed by atoms with Crippen LogP contribution in [0.5, 0.6) is 0 Å². The Balaban J connectivity index is 1.77. The van der Waals surface area contributed by atoms with E-state index >= 15 is 0 Å². The summed E-state index contributed by atoms with van der Waals surface area (Å²) in [5.74, 6) is -2.19. The van der Waals surface area contributed by atoms with Crippen molar-refractivity contribution in [1.82, 2.24) is 14.9 Å². The molecule has 26 heavy (non-hydrogen) atoms. The summed E-state index contributed by atoms with van der Waals surface area (Å²) in [5, 5.41) is 2.49. The third kappa shape index (κ3) is 3.93. The van der Waals surface area contributed by atoms with Crippen molar-refractivity contribution in [2.75, 3.05) is 36.4 Å². The van der Waals surface area contributed by atoms with Gasteiger partial charge in [0.15, 0.2) is 11.6 Å². The van der Waals surface area contributed by atoms with Gasteiger partial charge in [-0.2, -0.15) is 0 Å². The predicted octanol–water partition coefficient (Wildman–Crippen LogP) is 1.59. The van der Waals surface area contributed by atoms with Crippen LogP contribution < -0.4 is 10.2 Å². The van der Waals surface area contributed by atoms with E-state index in [0.29, 0.717) is 37.8 Å². The van der Waals surface area contributed by atoms with E-state index in [2.05, 4.69) is 15.3 Å². The summed E-state index contributed by atoms with van der Waals surface area (Å²) < 4.78 is 26.3. The highest BCUT2D eigenvalue weighted by molar-refractivity contribution is 6.03. The van der Waals surface area contributed by atoms with Crippen molar-refractivity contribution in [3.05, 3.63) is 47.3 Å². The van der Waals surface area contributed by atoms with Gasteiger partial charge in [-0.15, -0.1) is 0 Å². The highest BCUT2D eigenvalue weighted by atomic mass is 19.2. The number of aryl methyl sites for hydroxylation is 1. The zero-order valence-electron chi connectivity index (χ0n) is 14.1. The minimum atomic E-state index is -1.05. The van der Waals surface area contributed by atoms with Crippen LogP contribution >= 0.6 is 0 Å². The summed E-state index contributed by atoms with van der Waals surface area (Å²) >= 11 is 0. The fourth-order valence-corrected chi connectivity index (χ4v) is 2.61. The third-order valence-electron chi connectivity index (χ3n) is 4.00. The summed E-state index contributed by atoms with van der Waals surface area (Å²) in [4.78, 5) is 35.4. The fourth-order valence-electron chi connectivity index (χ4n) is 2.61. The number of amides is 2. The molecule has 2 amide bonds. The van der Waals surface area contributed by atoms with Gasteiger partial charge in [-0.3, -0.25) is 9.59 Å². The van der Waals surface area contributed by atoms with E-state index in [0.717, 1.165) is 18.5 Å². The molecule has 1 saturated heterocycles. The first-order chi connectivity index (χ1) is 12.5. The molecule has 1 aromatic heterocycles. The largest absolute Gasteiger partial charge is 0.342 e. The molecule has 0 saturated carbocycles. The van der Waals surface area contributed by atoms with Crippen molar-refractivity contribution in [1.29, 1.82) is 0 Å². The Morgan fingerprint density at radius 2 is 1.85 bits per heavy atom. The molecule has 2 heterocycles. The molecular formula is C17H17F2N5O2. The molecule has 0 radical (unpaired) electrons. The Morgan fingerprint density at radius 1 is 1.12 bits per heavy atom. The fraction of sp³-hybridized carbons (Fsp3) is 0.294. The molecule has 0 aliphatic carbocycles. The summed E-state index contributed by atoms with van der Waals surface area (Å²) in [6.45, 7) is 3.97. The van der Waals surface area contributed by atoms with E-state index in [1.54, 1.807) is 11.8 Å². The molecule has 0 atom stereocenters. The lowest BCUT2D eigenvalue weighted by Gasteiger charge is -2.32. The van der Waals surface area contributed by atoms with Gasteiger partial charge in [0, 0.05) is 43.6 Å². The smallest absolute Gasteiger partial charge is 0.274 e. The van der Waals surface area contributed by atoms with Crippen molar-refractivity contribution in [2.24, 2.45) is 0 Å². The lowest BCUT2D eigenvalue weighted by molar-refractivity contribution is -0.118. The maximum absolute atomic E-state index is 13.3. The molecule has 2 aromatic rings. The quantitative estimate of drug-likeness (QED) is 0.837. The summed E-state index contributed by atoms with van der Waals surface area (Å²) in [6.07, 6.45) is 0.801. The topological polar surface area (TPSA) is 78.4 Å². The number of nitrogens with one attached hydrogen (secondary N) is 1. The highest BCUT2D eigenvalue weighted by Gasteiger charge is 2.20. The molecule has 1 aromatic carbocycles. The van der Waals surface area contributed by atoms with Crippen LogP contribution in [-0.2, 0) is 4.79 Å². The zero-order valence-corrected chi connectivity index (χ0v) is 14.1. The number of aromatic nitrogens is 2. The molecule has 1 aliphatic rings. The number of nitrogens with zero attached hydrogens (tertiary/aromatic N) is 4. The molecule has 9 heteroatoms. The average Bonchev–Trinajstić information content (AvgIpc) is 2.64. The van der Waals surface area contributed by atoms with E-state index in [1.165, 1.54) is 12.1 Å². The zero-order chi connectivity index (χ0) is 18.7. The number of hydrogen-bond acceptors (Lipinski definition) is 5. The normalized spacial score (nSPS) is 14.3. The monoisotopic (exact) mass is 361 g/mol. The second kappa shape index (κ2) is 7.42. The number of carbonyl (C=O) groups is 2. The van der Waals surface area contributed by atoms with Crippen molar-refractivity contribution < 1.29 is 18.4 Å². The Labute approximate surface area is 148 Å². The van der Waals surface area contributed by atoms with Crippen LogP contribution in [0.4, 0.5) is 20.4 Å². The van der Waals surface area contributed by atoms with Gasteiger partial charge in [0.25, 0.3) is 5.91 Å². The van der Waals surface area contributed by atoms with Gasteiger partial charge in [-0.1, -0.05) is 0 Å². The maximum atomic E-state index is 13.3. The molecule has 136 valence electrons. The van der Waals surface area contributed by atoms with Gasteiger partial charge in [-0.05, 0) is 25.1 Å². The molecule has 1 N–H and O–H groups in total. The Kier molecular flexibility index (Phi) is 5.06. The van der Waals surface area contributed by atoms with Crippen molar-refractivity contribution in [3.63, 3.8) is 0 Å². The number of anilines is 2. The van der Waals surface area contributed by atoms with E-state index in [-0.39, 0.29) is 11.4 Å². The summed E-state index contributed by atoms with van der Waals surface area (Å²) in [6, 6.07) is 4.62. The van der Waals surface area contributed by atoms with Crippen LogP contribution in [0, 0.1) is 18.6 Å². The lowest BCUT2D eigenvalue weighted by Crippen LogP contribution is -2.46. The minimum Gasteiger partial charge on any atom is -0.342 e. The molecule has 7 nitrogen and oxygen atoms in total. The lowest BCUT2D eigenvalue weighted by atomic mass is 10.2. The minimum absolute atomic E-state index is 0.120. The van der Waals surface area contributed by atoms with E-state index < -0.39 is 17.5 Å². The van der Waals surface area contributed by atoms with E-state index in [9.17, 15) is 18.4 Å². The molecular weight excluding hydrogens is 344 g/mol. The first-order valence-electron chi connectivity index (χ1n) is 8.02. The van der Waals surface area contributed by atoms with Crippen LogP contribution in [0.15, 0.2) is 24.3 Å². The Bertz CT molecular complexity index is 838. The van der Waals surface area contributed by atoms with Gasteiger partial charge < -0.3 is 15.1 Å². The Hall–Kier alpha value is -3.10. The van der Waals surface area contributed by atoms with Crippen LogP contribution in [0.3, 0.4) is 0 Å². The van der Waals surface area contributed by atoms with Crippen LogP contribution in [0.25, 0.3) is 0 Å². The third-order valence-corrected chi connectivity index (χ3v) is 4.00. The van der Waals surface area contributed by atoms with Crippen molar-refractivity contribution in [2.45, 2.75) is 6.92 Å². The first-order valence-corrected chi connectivity index (χ1v) is 8.02. The molecule has 3 rings (SSSR count). The van der Waals surface area contributed by atoms with Gasteiger partial charge in [0.1, 0.15) is 5.69 Å². The average molecular weight is 361 g/mol. The molecule has 0 unspecified atom stereocenters.